The van der Waals surface area contributed by atoms with Crippen LogP contribution in [0.15, 0.2) is 24.9 Å². The van der Waals surface area contributed by atoms with Gasteiger partial charge in [-0.05, 0) is 32.2 Å². The van der Waals surface area contributed by atoms with Gasteiger partial charge in [0.25, 0.3) is 0 Å². The van der Waals surface area contributed by atoms with Crippen molar-refractivity contribution in [1.82, 2.24) is 19.3 Å². The van der Waals surface area contributed by atoms with Crippen molar-refractivity contribution in [2.75, 3.05) is 6.54 Å². The highest BCUT2D eigenvalue weighted by Gasteiger charge is 2.27. The number of imidazole rings is 1. The Morgan fingerprint density at radius 2 is 2.15 bits per heavy atom. The van der Waals surface area contributed by atoms with E-state index in [0.29, 0.717) is 12.0 Å². The van der Waals surface area contributed by atoms with Gasteiger partial charge in [-0.1, -0.05) is 12.8 Å². The van der Waals surface area contributed by atoms with Crippen LogP contribution in [-0.4, -0.2) is 25.9 Å². The lowest BCUT2D eigenvalue weighted by molar-refractivity contribution is 0.246. The van der Waals surface area contributed by atoms with Gasteiger partial charge in [-0.2, -0.15) is 5.10 Å². The van der Waals surface area contributed by atoms with Crippen molar-refractivity contribution in [2.45, 2.75) is 45.2 Å². The van der Waals surface area contributed by atoms with Gasteiger partial charge in [0.05, 0.1) is 24.4 Å². The smallest absolute Gasteiger partial charge is 0.0953 e. The van der Waals surface area contributed by atoms with E-state index in [0.717, 1.165) is 24.3 Å². The Hall–Kier alpha value is -1.62. The van der Waals surface area contributed by atoms with Gasteiger partial charge in [0.15, 0.2) is 0 Å². The molecule has 108 valence electrons. The maximum atomic E-state index is 5.96. The van der Waals surface area contributed by atoms with Crippen LogP contribution in [0.5, 0.6) is 0 Å². The van der Waals surface area contributed by atoms with Gasteiger partial charge in [0.1, 0.15) is 0 Å². The van der Waals surface area contributed by atoms with Gasteiger partial charge in [0.2, 0.25) is 0 Å². The minimum absolute atomic E-state index is 0.483. The fourth-order valence-corrected chi connectivity index (χ4v) is 3.29. The average molecular weight is 273 g/mol. The second kappa shape index (κ2) is 5.79. The third-order valence-electron chi connectivity index (χ3n) is 4.45. The standard InChI is InChI=1S/C15H23N5/c1-2-19-10-13(8-18-19)15-9-17-11-20(15)14-6-4-3-5-12(14)7-16/h8-12,14H,2-7,16H2,1H3. The van der Waals surface area contributed by atoms with Crippen LogP contribution < -0.4 is 5.73 Å². The van der Waals surface area contributed by atoms with E-state index in [1.165, 1.54) is 25.7 Å². The van der Waals surface area contributed by atoms with E-state index in [4.69, 9.17) is 5.73 Å². The van der Waals surface area contributed by atoms with E-state index in [2.05, 4.69) is 27.8 Å². The van der Waals surface area contributed by atoms with Crippen LogP contribution in [0.1, 0.15) is 38.6 Å². The summed E-state index contributed by atoms with van der Waals surface area (Å²) in [6.07, 6.45) is 12.9. The van der Waals surface area contributed by atoms with Crippen molar-refractivity contribution in [3.05, 3.63) is 24.9 Å². The molecule has 1 aliphatic rings. The number of rotatable bonds is 4. The maximum Gasteiger partial charge on any atom is 0.0953 e. The second-order valence-electron chi connectivity index (χ2n) is 5.62. The van der Waals surface area contributed by atoms with E-state index in [9.17, 15) is 0 Å². The second-order valence-corrected chi connectivity index (χ2v) is 5.62. The van der Waals surface area contributed by atoms with Gasteiger partial charge in [0, 0.05) is 24.3 Å². The normalized spacial score (nSPS) is 23.1. The molecule has 1 saturated carbocycles. The Balaban J connectivity index is 1.92. The molecule has 5 nitrogen and oxygen atoms in total. The van der Waals surface area contributed by atoms with Crippen molar-refractivity contribution in [3.8, 4) is 11.3 Å². The van der Waals surface area contributed by atoms with E-state index in [1.54, 1.807) is 0 Å². The summed E-state index contributed by atoms with van der Waals surface area (Å²) in [6.45, 7) is 3.75. The number of hydrogen-bond acceptors (Lipinski definition) is 3. The van der Waals surface area contributed by atoms with Crippen molar-refractivity contribution in [2.24, 2.45) is 11.7 Å². The zero-order valence-electron chi connectivity index (χ0n) is 12.1. The number of aryl methyl sites for hydroxylation is 1. The van der Waals surface area contributed by atoms with E-state index < -0.39 is 0 Å². The Morgan fingerprint density at radius 1 is 1.30 bits per heavy atom. The predicted octanol–water partition coefficient (Wildman–Crippen LogP) is 2.46. The third-order valence-corrected chi connectivity index (χ3v) is 4.45. The van der Waals surface area contributed by atoms with Crippen molar-refractivity contribution >= 4 is 0 Å². The number of hydrogen-bond donors (Lipinski definition) is 1. The van der Waals surface area contributed by atoms with Crippen molar-refractivity contribution in [1.29, 1.82) is 0 Å². The van der Waals surface area contributed by atoms with E-state index in [1.807, 2.05) is 23.4 Å². The van der Waals surface area contributed by atoms with E-state index >= 15 is 0 Å². The average Bonchev–Trinajstić information content (AvgIpc) is 3.15. The number of nitrogens with two attached hydrogens (primary N) is 1. The molecule has 0 saturated heterocycles. The van der Waals surface area contributed by atoms with Crippen LogP contribution in [-0.2, 0) is 6.54 Å². The molecule has 2 aromatic heterocycles. The van der Waals surface area contributed by atoms with Crippen LogP contribution >= 0.6 is 0 Å². The third kappa shape index (κ3) is 2.38. The molecule has 0 aliphatic heterocycles. The van der Waals surface area contributed by atoms with Gasteiger partial charge < -0.3 is 10.3 Å². The molecule has 2 atom stereocenters. The molecule has 1 fully saturated rings. The molecular formula is C15H23N5. The zero-order valence-corrected chi connectivity index (χ0v) is 12.1. The summed E-state index contributed by atoms with van der Waals surface area (Å²) in [5, 5.41) is 4.37. The summed E-state index contributed by atoms with van der Waals surface area (Å²) in [5.41, 5.74) is 8.27. The first-order valence-corrected chi connectivity index (χ1v) is 7.58. The molecule has 5 heteroatoms. The molecule has 0 spiro atoms. The molecular weight excluding hydrogens is 250 g/mol. The van der Waals surface area contributed by atoms with Gasteiger partial charge in [-0.15, -0.1) is 0 Å². The lowest BCUT2D eigenvalue weighted by Crippen LogP contribution is -2.29. The molecule has 0 aromatic carbocycles. The molecule has 2 heterocycles. The van der Waals surface area contributed by atoms with Crippen LogP contribution in [0.4, 0.5) is 0 Å². The molecule has 2 N–H and O–H groups in total. The lowest BCUT2D eigenvalue weighted by atomic mass is 9.84. The molecule has 0 bridgehead atoms. The van der Waals surface area contributed by atoms with Crippen LogP contribution in [0, 0.1) is 5.92 Å². The Labute approximate surface area is 119 Å². The summed E-state index contributed by atoms with van der Waals surface area (Å²) in [7, 11) is 0. The van der Waals surface area contributed by atoms with Crippen LogP contribution in [0.25, 0.3) is 11.3 Å². The summed E-state index contributed by atoms with van der Waals surface area (Å²) in [5.74, 6) is 0.568. The summed E-state index contributed by atoms with van der Waals surface area (Å²) in [6, 6.07) is 0.483. The highest BCUT2D eigenvalue weighted by molar-refractivity contribution is 5.56. The largest absolute Gasteiger partial charge is 0.330 e. The Bertz CT molecular complexity index is 556. The van der Waals surface area contributed by atoms with Gasteiger partial charge >= 0.3 is 0 Å². The Kier molecular flexibility index (Phi) is 3.87. The lowest BCUT2D eigenvalue weighted by Gasteiger charge is -2.32. The topological polar surface area (TPSA) is 61.7 Å². The summed E-state index contributed by atoms with van der Waals surface area (Å²) >= 11 is 0. The zero-order chi connectivity index (χ0) is 13.9. The van der Waals surface area contributed by atoms with Crippen LogP contribution in [0.3, 0.4) is 0 Å². The highest BCUT2D eigenvalue weighted by Crippen LogP contribution is 2.36. The number of nitrogens with zero attached hydrogens (tertiary/aromatic N) is 4. The van der Waals surface area contributed by atoms with Gasteiger partial charge in [-0.25, -0.2) is 4.98 Å². The molecule has 1 aliphatic carbocycles. The molecule has 20 heavy (non-hydrogen) atoms. The predicted molar refractivity (Wildman–Crippen MR) is 79.2 cm³/mol. The quantitative estimate of drug-likeness (QED) is 0.930. The molecule has 2 unspecified atom stereocenters. The number of aromatic nitrogens is 4. The molecule has 0 radical (unpaired) electrons. The van der Waals surface area contributed by atoms with Gasteiger partial charge in [-0.3, -0.25) is 4.68 Å². The molecule has 2 aromatic rings. The fourth-order valence-electron chi connectivity index (χ4n) is 3.29. The monoisotopic (exact) mass is 273 g/mol. The maximum absolute atomic E-state index is 5.96. The molecule has 3 rings (SSSR count). The van der Waals surface area contributed by atoms with Crippen LogP contribution in [0.2, 0.25) is 0 Å². The summed E-state index contributed by atoms with van der Waals surface area (Å²) in [4.78, 5) is 4.36. The van der Waals surface area contributed by atoms with Crippen molar-refractivity contribution in [3.63, 3.8) is 0 Å². The van der Waals surface area contributed by atoms with E-state index in [-0.39, 0.29) is 0 Å². The first kappa shape index (κ1) is 13.4. The minimum Gasteiger partial charge on any atom is -0.330 e. The Morgan fingerprint density at radius 3 is 2.90 bits per heavy atom. The first-order chi connectivity index (χ1) is 9.83. The highest BCUT2D eigenvalue weighted by atomic mass is 15.3. The SMILES string of the molecule is CCn1cc(-c2cncn2C2CCCCC2CN)cn1. The summed E-state index contributed by atoms with van der Waals surface area (Å²) < 4.78 is 4.27. The molecule has 0 amide bonds. The minimum atomic E-state index is 0.483. The first-order valence-electron chi connectivity index (χ1n) is 7.58. The van der Waals surface area contributed by atoms with Crippen molar-refractivity contribution < 1.29 is 0 Å². The fraction of sp³-hybridized carbons (Fsp3) is 0.600.